The SMILES string of the molecule is O=[N+]([O-])c1ccc2[nH]ncc2c1.c1ccc2[nH]ncc2c1. The maximum atomic E-state index is 10.3. The predicted molar refractivity (Wildman–Crippen MR) is 78.8 cm³/mol. The fourth-order valence-corrected chi connectivity index (χ4v) is 1.93. The van der Waals surface area contributed by atoms with Crippen LogP contribution in [0.2, 0.25) is 0 Å². The molecule has 0 bridgehead atoms. The highest BCUT2D eigenvalue weighted by Gasteiger charge is 2.05. The Morgan fingerprint density at radius 1 is 0.905 bits per heavy atom. The van der Waals surface area contributed by atoms with Crippen LogP contribution >= 0.6 is 0 Å². The molecule has 4 rings (SSSR count). The molecule has 0 spiro atoms. The number of non-ortho nitro benzene ring substituents is 1. The van der Waals surface area contributed by atoms with Crippen LogP contribution < -0.4 is 0 Å². The monoisotopic (exact) mass is 281 g/mol. The summed E-state index contributed by atoms with van der Waals surface area (Å²) in [4.78, 5) is 9.92. The molecule has 4 aromatic rings. The van der Waals surface area contributed by atoms with Gasteiger partial charge in [-0.2, -0.15) is 10.2 Å². The molecular weight excluding hydrogens is 270 g/mol. The zero-order chi connectivity index (χ0) is 14.7. The van der Waals surface area contributed by atoms with Gasteiger partial charge in [-0.15, -0.1) is 0 Å². The van der Waals surface area contributed by atoms with Gasteiger partial charge < -0.3 is 0 Å². The Morgan fingerprint density at radius 2 is 1.57 bits per heavy atom. The number of fused-ring (bicyclic) bond motifs is 2. The average molecular weight is 281 g/mol. The minimum Gasteiger partial charge on any atom is -0.278 e. The zero-order valence-electron chi connectivity index (χ0n) is 10.9. The van der Waals surface area contributed by atoms with Gasteiger partial charge in [0.15, 0.2) is 0 Å². The summed E-state index contributed by atoms with van der Waals surface area (Å²) < 4.78 is 0. The molecule has 2 heterocycles. The third-order valence-corrected chi connectivity index (χ3v) is 2.98. The Morgan fingerprint density at radius 3 is 2.29 bits per heavy atom. The Bertz CT molecular complexity index is 866. The number of nitro groups is 1. The predicted octanol–water partition coefficient (Wildman–Crippen LogP) is 3.03. The van der Waals surface area contributed by atoms with Gasteiger partial charge in [0.25, 0.3) is 5.69 Å². The van der Waals surface area contributed by atoms with Gasteiger partial charge in [0.05, 0.1) is 28.4 Å². The lowest BCUT2D eigenvalue weighted by Crippen LogP contribution is -1.86. The molecule has 2 aromatic carbocycles. The number of hydrogen-bond acceptors (Lipinski definition) is 4. The van der Waals surface area contributed by atoms with E-state index in [1.54, 1.807) is 12.3 Å². The van der Waals surface area contributed by atoms with E-state index in [4.69, 9.17) is 0 Å². The lowest BCUT2D eigenvalue weighted by atomic mass is 10.2. The molecule has 0 amide bonds. The second kappa shape index (κ2) is 5.41. The molecule has 0 unspecified atom stereocenters. The van der Waals surface area contributed by atoms with E-state index in [1.807, 2.05) is 30.5 Å². The maximum absolute atomic E-state index is 10.3. The fourth-order valence-electron chi connectivity index (χ4n) is 1.93. The van der Waals surface area contributed by atoms with E-state index < -0.39 is 4.92 Å². The average Bonchev–Trinajstić information content (AvgIpc) is 3.15. The normalized spacial score (nSPS) is 10.3. The Kier molecular flexibility index (Phi) is 3.30. The van der Waals surface area contributed by atoms with Crippen molar-refractivity contribution in [3.63, 3.8) is 0 Å². The molecule has 2 N–H and O–H groups in total. The molecule has 2 aromatic heterocycles. The Balaban J connectivity index is 0.000000131. The Labute approximate surface area is 118 Å². The highest BCUT2D eigenvalue weighted by molar-refractivity contribution is 5.80. The number of H-pyrrole nitrogens is 2. The van der Waals surface area contributed by atoms with E-state index in [0.717, 1.165) is 21.8 Å². The lowest BCUT2D eigenvalue weighted by molar-refractivity contribution is -0.384. The molecule has 0 aliphatic carbocycles. The molecule has 0 aliphatic rings. The van der Waals surface area contributed by atoms with Crippen molar-refractivity contribution >= 4 is 27.5 Å². The van der Waals surface area contributed by atoms with Crippen LogP contribution in [0.5, 0.6) is 0 Å². The van der Waals surface area contributed by atoms with E-state index >= 15 is 0 Å². The first kappa shape index (κ1) is 12.8. The van der Waals surface area contributed by atoms with Crippen LogP contribution in [-0.2, 0) is 0 Å². The van der Waals surface area contributed by atoms with Gasteiger partial charge in [0, 0.05) is 22.9 Å². The van der Waals surface area contributed by atoms with E-state index in [0.29, 0.717) is 0 Å². The molecule has 7 heteroatoms. The van der Waals surface area contributed by atoms with Gasteiger partial charge >= 0.3 is 0 Å². The molecular formula is C14H11N5O2. The number of nitrogens with zero attached hydrogens (tertiary/aromatic N) is 3. The summed E-state index contributed by atoms with van der Waals surface area (Å²) in [5.74, 6) is 0. The van der Waals surface area contributed by atoms with Crippen LogP contribution in [0, 0.1) is 10.1 Å². The summed E-state index contributed by atoms with van der Waals surface area (Å²) in [5.41, 5.74) is 1.99. The van der Waals surface area contributed by atoms with Gasteiger partial charge in [-0.05, 0) is 12.1 Å². The fraction of sp³-hybridized carbons (Fsp3) is 0. The molecule has 0 fully saturated rings. The number of hydrogen-bond donors (Lipinski definition) is 2. The highest BCUT2D eigenvalue weighted by atomic mass is 16.6. The third kappa shape index (κ3) is 2.71. The zero-order valence-corrected chi connectivity index (χ0v) is 10.9. The minimum absolute atomic E-state index is 0.0869. The number of rotatable bonds is 1. The van der Waals surface area contributed by atoms with Crippen molar-refractivity contribution < 1.29 is 4.92 Å². The second-order valence-corrected chi connectivity index (χ2v) is 4.36. The number of aromatic amines is 2. The number of para-hydroxylation sites is 1. The van der Waals surface area contributed by atoms with Gasteiger partial charge in [-0.1, -0.05) is 18.2 Å². The van der Waals surface area contributed by atoms with E-state index in [1.165, 1.54) is 12.1 Å². The first-order valence-electron chi connectivity index (χ1n) is 6.20. The van der Waals surface area contributed by atoms with Crippen LogP contribution in [-0.4, -0.2) is 25.3 Å². The number of nitrogens with one attached hydrogen (secondary N) is 2. The first-order valence-corrected chi connectivity index (χ1v) is 6.20. The topological polar surface area (TPSA) is 100 Å². The van der Waals surface area contributed by atoms with Gasteiger partial charge in [-0.25, -0.2) is 0 Å². The van der Waals surface area contributed by atoms with Crippen molar-refractivity contribution in [2.24, 2.45) is 0 Å². The largest absolute Gasteiger partial charge is 0.278 e. The quantitative estimate of drug-likeness (QED) is 0.413. The maximum Gasteiger partial charge on any atom is 0.270 e. The summed E-state index contributed by atoms with van der Waals surface area (Å²) in [6.45, 7) is 0. The smallest absolute Gasteiger partial charge is 0.270 e. The molecule has 0 saturated heterocycles. The molecule has 0 saturated carbocycles. The summed E-state index contributed by atoms with van der Waals surface area (Å²) in [6.07, 6.45) is 3.37. The van der Waals surface area contributed by atoms with Gasteiger partial charge in [0.2, 0.25) is 0 Å². The molecule has 0 aliphatic heterocycles. The molecule has 7 nitrogen and oxygen atoms in total. The van der Waals surface area contributed by atoms with E-state index in [2.05, 4.69) is 20.4 Å². The first-order chi connectivity index (χ1) is 10.2. The number of benzene rings is 2. The van der Waals surface area contributed by atoms with Crippen molar-refractivity contribution in [3.05, 3.63) is 65.0 Å². The van der Waals surface area contributed by atoms with E-state index in [-0.39, 0.29) is 5.69 Å². The minimum atomic E-state index is -0.424. The summed E-state index contributed by atoms with van der Waals surface area (Å²) in [5, 5.41) is 25.5. The van der Waals surface area contributed by atoms with E-state index in [9.17, 15) is 10.1 Å². The Hall–Kier alpha value is -3.22. The van der Waals surface area contributed by atoms with Crippen LogP contribution in [0.4, 0.5) is 5.69 Å². The van der Waals surface area contributed by atoms with Gasteiger partial charge in [-0.3, -0.25) is 20.3 Å². The molecule has 0 atom stereocenters. The molecule has 104 valence electrons. The molecule has 0 radical (unpaired) electrons. The van der Waals surface area contributed by atoms with Crippen LogP contribution in [0.3, 0.4) is 0 Å². The van der Waals surface area contributed by atoms with Crippen molar-refractivity contribution in [2.45, 2.75) is 0 Å². The van der Waals surface area contributed by atoms with Crippen molar-refractivity contribution in [1.82, 2.24) is 20.4 Å². The van der Waals surface area contributed by atoms with Crippen molar-refractivity contribution in [2.75, 3.05) is 0 Å². The number of nitro benzene ring substituents is 1. The van der Waals surface area contributed by atoms with Crippen LogP contribution in [0.25, 0.3) is 21.8 Å². The van der Waals surface area contributed by atoms with Crippen LogP contribution in [0.15, 0.2) is 54.9 Å². The standard InChI is InChI=1S/C7H5N3O2.C7H6N2/c11-10(12)6-1-2-7-5(3-6)4-8-9-7;1-2-4-7-6(3-1)5-8-9-7/h1-4H,(H,8,9);1-5H,(H,8,9). The van der Waals surface area contributed by atoms with Crippen molar-refractivity contribution in [3.8, 4) is 0 Å². The van der Waals surface area contributed by atoms with Crippen LogP contribution in [0.1, 0.15) is 0 Å². The van der Waals surface area contributed by atoms with Gasteiger partial charge in [0.1, 0.15) is 0 Å². The van der Waals surface area contributed by atoms with Crippen molar-refractivity contribution in [1.29, 1.82) is 0 Å². The molecule has 21 heavy (non-hydrogen) atoms. The third-order valence-electron chi connectivity index (χ3n) is 2.98. The highest BCUT2D eigenvalue weighted by Crippen LogP contribution is 2.17. The number of aromatic nitrogens is 4. The lowest BCUT2D eigenvalue weighted by Gasteiger charge is -1.89. The summed E-state index contributed by atoms with van der Waals surface area (Å²) >= 11 is 0. The second-order valence-electron chi connectivity index (χ2n) is 4.36. The summed E-state index contributed by atoms with van der Waals surface area (Å²) in [7, 11) is 0. The summed E-state index contributed by atoms with van der Waals surface area (Å²) in [6, 6.07) is 12.6.